The molecule has 0 radical (unpaired) electrons. The van der Waals surface area contributed by atoms with E-state index in [0.29, 0.717) is 28.7 Å². The van der Waals surface area contributed by atoms with Gasteiger partial charge in [-0.15, -0.1) is 0 Å². The van der Waals surface area contributed by atoms with Crippen LogP contribution in [0.4, 0.5) is 10.2 Å². The normalized spacial score (nSPS) is 17.7. The molecule has 1 fully saturated rings. The number of hydrogen-bond acceptors (Lipinski definition) is 5. The van der Waals surface area contributed by atoms with Gasteiger partial charge in [-0.2, -0.15) is 10.4 Å². The van der Waals surface area contributed by atoms with Crippen molar-refractivity contribution in [2.24, 2.45) is 0 Å². The first kappa shape index (κ1) is 18.3. The highest BCUT2D eigenvalue weighted by Crippen LogP contribution is 2.32. The van der Waals surface area contributed by atoms with E-state index in [-0.39, 0.29) is 23.6 Å². The molecule has 1 aromatic carbocycles. The summed E-state index contributed by atoms with van der Waals surface area (Å²) < 4.78 is 16.3. The summed E-state index contributed by atoms with van der Waals surface area (Å²) in [6, 6.07) is 10.3. The SMILES string of the molecule is CC1CCCN1c1ccn(-c2cc(-c3c(F)cccc3C#N)nc3c2C(=O)NC3)n1. The van der Waals surface area contributed by atoms with Gasteiger partial charge >= 0.3 is 0 Å². The van der Waals surface area contributed by atoms with Gasteiger partial charge in [0.2, 0.25) is 0 Å². The molecule has 0 spiro atoms. The number of halogens is 1. The summed E-state index contributed by atoms with van der Waals surface area (Å²) >= 11 is 0. The van der Waals surface area contributed by atoms with Crippen LogP contribution in [0.15, 0.2) is 36.5 Å². The molecule has 8 heteroatoms. The predicted octanol–water partition coefficient (Wildman–Crippen LogP) is 3.18. The summed E-state index contributed by atoms with van der Waals surface area (Å²) in [5.41, 5.74) is 2.10. The Hall–Kier alpha value is -3.73. The highest BCUT2D eigenvalue weighted by atomic mass is 19.1. The number of amides is 1. The Morgan fingerprint density at radius 2 is 2.17 bits per heavy atom. The summed E-state index contributed by atoms with van der Waals surface area (Å²) in [5.74, 6) is 0.0746. The number of fused-ring (bicyclic) bond motifs is 1. The first-order chi connectivity index (χ1) is 14.6. The number of anilines is 1. The molecule has 2 aromatic heterocycles. The second-order valence-corrected chi connectivity index (χ2v) is 7.61. The number of pyridine rings is 1. The molecule has 7 nitrogen and oxygen atoms in total. The molecule has 4 heterocycles. The number of hydrogen-bond donors (Lipinski definition) is 1. The average molecular weight is 402 g/mol. The molecule has 5 rings (SSSR count). The van der Waals surface area contributed by atoms with Gasteiger partial charge in [0, 0.05) is 24.8 Å². The van der Waals surface area contributed by atoms with Crippen LogP contribution in [-0.2, 0) is 6.54 Å². The third-order valence-corrected chi connectivity index (χ3v) is 5.78. The van der Waals surface area contributed by atoms with Gasteiger partial charge in [0.05, 0.1) is 46.4 Å². The molecule has 0 bridgehead atoms. The zero-order valence-electron chi connectivity index (χ0n) is 16.4. The minimum absolute atomic E-state index is 0.129. The van der Waals surface area contributed by atoms with E-state index >= 15 is 0 Å². The number of benzene rings is 1. The van der Waals surface area contributed by atoms with Crippen molar-refractivity contribution >= 4 is 11.7 Å². The van der Waals surface area contributed by atoms with Crippen molar-refractivity contribution in [2.75, 3.05) is 11.4 Å². The first-order valence-electron chi connectivity index (χ1n) is 9.90. The van der Waals surface area contributed by atoms with Crippen molar-refractivity contribution in [1.29, 1.82) is 5.26 Å². The molecule has 1 N–H and O–H groups in total. The summed E-state index contributed by atoms with van der Waals surface area (Å²) in [6.45, 7) is 3.37. The zero-order valence-corrected chi connectivity index (χ0v) is 16.4. The van der Waals surface area contributed by atoms with E-state index in [1.54, 1.807) is 23.0 Å². The smallest absolute Gasteiger partial charge is 0.255 e. The molecular weight excluding hydrogens is 383 g/mol. The minimum Gasteiger partial charge on any atom is -0.352 e. The number of nitrogens with one attached hydrogen (secondary N) is 1. The Morgan fingerprint density at radius 1 is 1.30 bits per heavy atom. The summed E-state index contributed by atoms with van der Waals surface area (Å²) in [6.07, 6.45) is 4.04. The molecule has 2 aliphatic heterocycles. The number of carbonyl (C=O) groups excluding carboxylic acids is 1. The molecule has 1 atom stereocenters. The van der Waals surface area contributed by atoms with Crippen molar-refractivity contribution in [1.82, 2.24) is 20.1 Å². The van der Waals surface area contributed by atoms with Crippen LogP contribution in [-0.4, -0.2) is 33.3 Å². The summed E-state index contributed by atoms with van der Waals surface area (Å²) in [7, 11) is 0. The van der Waals surface area contributed by atoms with Gasteiger partial charge in [0.1, 0.15) is 5.82 Å². The number of aromatic nitrogens is 3. The van der Waals surface area contributed by atoms with E-state index in [2.05, 4.69) is 22.1 Å². The Balaban J connectivity index is 1.67. The fraction of sp³-hybridized carbons (Fsp3) is 0.273. The van der Waals surface area contributed by atoms with Gasteiger partial charge in [-0.25, -0.2) is 14.1 Å². The highest BCUT2D eigenvalue weighted by molar-refractivity contribution is 6.01. The van der Waals surface area contributed by atoms with Gasteiger partial charge in [-0.05, 0) is 38.0 Å². The standard InChI is InChI=1S/C22H19FN6O/c1-13-4-3-8-28(13)19-7-9-29(27-19)18-10-16(26-17-12-25-22(30)21(17)18)20-14(11-24)5-2-6-15(20)23/h2,5-7,9-10,13H,3-4,8,12H2,1H3,(H,25,30). The Labute approximate surface area is 172 Å². The zero-order chi connectivity index (χ0) is 20.8. The quantitative estimate of drug-likeness (QED) is 0.727. The molecule has 150 valence electrons. The minimum atomic E-state index is -0.531. The van der Waals surface area contributed by atoms with Gasteiger partial charge < -0.3 is 10.2 Å². The van der Waals surface area contributed by atoms with Gasteiger partial charge in [-0.1, -0.05) is 6.07 Å². The van der Waals surface area contributed by atoms with Crippen LogP contribution in [0.2, 0.25) is 0 Å². The molecule has 1 unspecified atom stereocenters. The van der Waals surface area contributed by atoms with Crippen LogP contribution in [0.3, 0.4) is 0 Å². The summed E-state index contributed by atoms with van der Waals surface area (Å²) in [4.78, 5) is 19.2. The lowest BCUT2D eigenvalue weighted by Gasteiger charge is -2.20. The van der Waals surface area contributed by atoms with Gasteiger partial charge in [0.25, 0.3) is 5.91 Å². The van der Waals surface area contributed by atoms with E-state index < -0.39 is 5.82 Å². The van der Waals surface area contributed by atoms with Crippen LogP contribution in [0, 0.1) is 17.1 Å². The first-order valence-corrected chi connectivity index (χ1v) is 9.90. The third-order valence-electron chi connectivity index (χ3n) is 5.78. The highest BCUT2D eigenvalue weighted by Gasteiger charge is 2.29. The third kappa shape index (κ3) is 2.82. The molecule has 0 saturated carbocycles. The van der Waals surface area contributed by atoms with Gasteiger partial charge in [-0.3, -0.25) is 4.79 Å². The van der Waals surface area contributed by atoms with Crippen molar-refractivity contribution in [3.63, 3.8) is 0 Å². The number of carbonyl (C=O) groups is 1. The summed E-state index contributed by atoms with van der Waals surface area (Å²) in [5, 5.41) is 16.9. The molecule has 2 aliphatic rings. The Morgan fingerprint density at radius 3 is 2.93 bits per heavy atom. The van der Waals surface area contributed by atoms with Crippen LogP contribution in [0.25, 0.3) is 16.9 Å². The van der Waals surface area contributed by atoms with E-state index in [1.165, 1.54) is 12.1 Å². The fourth-order valence-corrected chi connectivity index (χ4v) is 4.27. The lowest BCUT2D eigenvalue weighted by Crippen LogP contribution is -2.26. The van der Waals surface area contributed by atoms with Crippen LogP contribution < -0.4 is 10.2 Å². The Bertz CT molecular complexity index is 1210. The second-order valence-electron chi connectivity index (χ2n) is 7.61. The van der Waals surface area contributed by atoms with Crippen molar-refractivity contribution in [3.05, 3.63) is 59.2 Å². The maximum atomic E-state index is 14.6. The topological polar surface area (TPSA) is 86.8 Å². The van der Waals surface area contributed by atoms with E-state index in [4.69, 9.17) is 5.10 Å². The molecular formula is C22H19FN6O. The molecule has 0 aliphatic carbocycles. The maximum absolute atomic E-state index is 14.6. The molecule has 30 heavy (non-hydrogen) atoms. The largest absolute Gasteiger partial charge is 0.352 e. The monoisotopic (exact) mass is 402 g/mol. The molecule has 3 aromatic rings. The number of nitriles is 1. The lowest BCUT2D eigenvalue weighted by atomic mass is 10.0. The van der Waals surface area contributed by atoms with Crippen molar-refractivity contribution in [2.45, 2.75) is 32.4 Å². The Kier molecular flexibility index (Phi) is 4.24. The molecule has 1 amide bonds. The van der Waals surface area contributed by atoms with Crippen LogP contribution in [0.5, 0.6) is 0 Å². The fourth-order valence-electron chi connectivity index (χ4n) is 4.27. The predicted molar refractivity (Wildman–Crippen MR) is 109 cm³/mol. The van der Waals surface area contributed by atoms with Crippen molar-refractivity contribution < 1.29 is 9.18 Å². The lowest BCUT2D eigenvalue weighted by molar-refractivity contribution is 0.0965. The van der Waals surface area contributed by atoms with Gasteiger partial charge in [0.15, 0.2) is 5.82 Å². The van der Waals surface area contributed by atoms with E-state index in [9.17, 15) is 14.4 Å². The number of nitrogens with zero attached hydrogens (tertiary/aromatic N) is 5. The van der Waals surface area contributed by atoms with Crippen molar-refractivity contribution in [3.8, 4) is 23.0 Å². The second kappa shape index (κ2) is 6.95. The number of rotatable bonds is 3. The van der Waals surface area contributed by atoms with E-state index in [0.717, 1.165) is 25.2 Å². The molecule has 1 saturated heterocycles. The van der Waals surface area contributed by atoms with E-state index in [1.807, 2.05) is 12.1 Å². The average Bonchev–Trinajstić information content (AvgIpc) is 3.47. The van der Waals surface area contributed by atoms with Crippen LogP contribution >= 0.6 is 0 Å². The maximum Gasteiger partial charge on any atom is 0.255 e. The van der Waals surface area contributed by atoms with Crippen LogP contribution in [0.1, 0.15) is 41.4 Å².